The number of hydrogen-bond acceptors (Lipinski definition) is 7. The maximum absolute atomic E-state index is 13.3. The van der Waals surface area contributed by atoms with E-state index in [1.165, 1.54) is 23.1 Å². The first kappa shape index (κ1) is 26.4. The Hall–Kier alpha value is -4.21. The van der Waals surface area contributed by atoms with Gasteiger partial charge in [0, 0.05) is 43.3 Å². The number of carbonyl (C=O) groups excluding carboxylic acids is 5. The molecule has 2 aromatic rings. The molecule has 2 fully saturated rings. The summed E-state index contributed by atoms with van der Waals surface area (Å²) in [5, 5.41) is 0. The monoisotopic (exact) mass is 533 g/mol. The van der Waals surface area contributed by atoms with Crippen LogP contribution in [0.4, 0.5) is 4.79 Å². The highest BCUT2D eigenvalue weighted by molar-refractivity contribution is 6.22. The summed E-state index contributed by atoms with van der Waals surface area (Å²) < 4.78 is 9.76. The molecule has 5 rings (SSSR count). The smallest absolute Gasteiger partial charge is 0.434 e. The van der Waals surface area contributed by atoms with Crippen molar-refractivity contribution in [1.82, 2.24) is 14.7 Å². The van der Waals surface area contributed by atoms with E-state index in [2.05, 4.69) is 0 Å². The van der Waals surface area contributed by atoms with Crippen molar-refractivity contribution in [1.29, 1.82) is 0 Å². The SMILES string of the molecule is CCOC(=O)Oc1ccc(C(=O)N2CCN(C(=O)c3ccc4c(c3)C(=O)N(C3CCCCC3)C4=O)CC2)cc1. The van der Waals surface area contributed by atoms with Gasteiger partial charge in [0.1, 0.15) is 5.75 Å². The molecule has 0 aromatic heterocycles. The number of carbonyl (C=O) groups is 5. The Labute approximate surface area is 226 Å². The predicted molar refractivity (Wildman–Crippen MR) is 140 cm³/mol. The van der Waals surface area contributed by atoms with E-state index in [9.17, 15) is 24.0 Å². The van der Waals surface area contributed by atoms with Crippen molar-refractivity contribution in [3.8, 4) is 5.75 Å². The summed E-state index contributed by atoms with van der Waals surface area (Å²) in [5.41, 5.74) is 1.45. The van der Waals surface area contributed by atoms with Crippen LogP contribution in [-0.2, 0) is 4.74 Å². The van der Waals surface area contributed by atoms with Gasteiger partial charge in [0.2, 0.25) is 0 Å². The molecule has 10 nitrogen and oxygen atoms in total. The van der Waals surface area contributed by atoms with E-state index < -0.39 is 6.16 Å². The molecule has 39 heavy (non-hydrogen) atoms. The average molecular weight is 534 g/mol. The summed E-state index contributed by atoms with van der Waals surface area (Å²) in [6.07, 6.45) is 3.97. The highest BCUT2D eigenvalue weighted by Crippen LogP contribution is 2.31. The number of hydrogen-bond donors (Lipinski definition) is 0. The molecule has 10 heteroatoms. The third-order valence-corrected chi connectivity index (χ3v) is 7.52. The Morgan fingerprint density at radius 1 is 0.769 bits per heavy atom. The van der Waals surface area contributed by atoms with Crippen molar-refractivity contribution in [3.63, 3.8) is 0 Å². The standard InChI is InChI=1S/C29H31N3O7/c1-2-38-29(37)39-22-11-8-19(9-12-22)25(33)30-14-16-31(17-15-30)26(34)20-10-13-23-24(18-20)28(36)32(27(23)35)21-6-4-3-5-7-21/h8-13,18,21H,2-7,14-17H2,1H3. The number of imide groups is 1. The minimum Gasteiger partial charge on any atom is -0.434 e. The molecule has 0 N–H and O–H groups in total. The summed E-state index contributed by atoms with van der Waals surface area (Å²) in [4.78, 5) is 68.4. The Kier molecular flexibility index (Phi) is 7.63. The first-order chi connectivity index (χ1) is 18.9. The van der Waals surface area contributed by atoms with Gasteiger partial charge in [-0.05, 0) is 62.2 Å². The summed E-state index contributed by atoms with van der Waals surface area (Å²) in [7, 11) is 0. The number of rotatable bonds is 5. The second-order valence-electron chi connectivity index (χ2n) is 9.93. The van der Waals surface area contributed by atoms with E-state index in [1.807, 2.05) is 0 Å². The number of fused-ring (bicyclic) bond motifs is 1. The molecule has 3 aliphatic rings. The molecule has 4 amide bonds. The molecule has 0 spiro atoms. The van der Waals surface area contributed by atoms with E-state index >= 15 is 0 Å². The molecule has 0 bridgehead atoms. The summed E-state index contributed by atoms with van der Waals surface area (Å²) in [6, 6.07) is 10.9. The Balaban J connectivity index is 1.19. The van der Waals surface area contributed by atoms with Crippen LogP contribution in [0.25, 0.3) is 0 Å². The molecule has 2 aromatic carbocycles. The molecule has 2 aliphatic heterocycles. The van der Waals surface area contributed by atoms with Crippen LogP contribution in [-0.4, -0.2) is 83.3 Å². The van der Waals surface area contributed by atoms with E-state index in [1.54, 1.807) is 41.0 Å². The molecule has 1 aliphatic carbocycles. The third kappa shape index (κ3) is 5.36. The molecule has 0 radical (unpaired) electrons. The fraction of sp³-hybridized carbons (Fsp3) is 0.414. The van der Waals surface area contributed by atoms with Crippen LogP contribution >= 0.6 is 0 Å². The van der Waals surface area contributed by atoms with E-state index in [-0.39, 0.29) is 42.0 Å². The fourth-order valence-corrected chi connectivity index (χ4v) is 5.45. The number of ether oxygens (including phenoxy) is 2. The van der Waals surface area contributed by atoms with Crippen molar-refractivity contribution in [3.05, 3.63) is 64.7 Å². The zero-order valence-electron chi connectivity index (χ0n) is 21.9. The van der Waals surface area contributed by atoms with Crippen LogP contribution in [0.3, 0.4) is 0 Å². The second-order valence-corrected chi connectivity index (χ2v) is 9.93. The van der Waals surface area contributed by atoms with Crippen molar-refractivity contribution >= 4 is 29.8 Å². The van der Waals surface area contributed by atoms with Crippen LogP contribution < -0.4 is 4.74 Å². The molecule has 204 valence electrons. The van der Waals surface area contributed by atoms with Gasteiger partial charge in [0.15, 0.2) is 0 Å². The average Bonchev–Trinajstić information content (AvgIpc) is 3.22. The minimum absolute atomic E-state index is 0.0720. The highest BCUT2D eigenvalue weighted by atomic mass is 16.7. The Morgan fingerprint density at radius 3 is 1.95 bits per heavy atom. The van der Waals surface area contributed by atoms with Crippen molar-refractivity contribution < 1.29 is 33.4 Å². The van der Waals surface area contributed by atoms with Crippen LogP contribution in [0, 0.1) is 0 Å². The van der Waals surface area contributed by atoms with Gasteiger partial charge in [-0.2, -0.15) is 0 Å². The lowest BCUT2D eigenvalue weighted by Gasteiger charge is -2.35. The van der Waals surface area contributed by atoms with Gasteiger partial charge < -0.3 is 19.3 Å². The maximum Gasteiger partial charge on any atom is 0.513 e. The van der Waals surface area contributed by atoms with Crippen molar-refractivity contribution in [2.24, 2.45) is 0 Å². The summed E-state index contributed by atoms with van der Waals surface area (Å²) in [5.74, 6) is -0.730. The molecule has 1 saturated heterocycles. The second kappa shape index (κ2) is 11.3. The van der Waals surface area contributed by atoms with Crippen LogP contribution in [0.1, 0.15) is 80.5 Å². The molecule has 0 atom stereocenters. The first-order valence-corrected chi connectivity index (χ1v) is 13.4. The summed E-state index contributed by atoms with van der Waals surface area (Å²) in [6.45, 7) is 3.26. The Bertz CT molecular complexity index is 1290. The number of amides is 4. The molecular weight excluding hydrogens is 502 g/mol. The summed E-state index contributed by atoms with van der Waals surface area (Å²) >= 11 is 0. The topological polar surface area (TPSA) is 114 Å². The molecule has 2 heterocycles. The lowest BCUT2D eigenvalue weighted by Crippen LogP contribution is -2.50. The van der Waals surface area contributed by atoms with Gasteiger partial charge in [-0.3, -0.25) is 24.1 Å². The van der Waals surface area contributed by atoms with E-state index in [4.69, 9.17) is 9.47 Å². The normalized spacial score (nSPS) is 17.7. The molecular formula is C29H31N3O7. The van der Waals surface area contributed by atoms with Gasteiger partial charge >= 0.3 is 6.16 Å². The van der Waals surface area contributed by atoms with Crippen molar-refractivity contribution in [2.75, 3.05) is 32.8 Å². The Morgan fingerprint density at radius 2 is 1.33 bits per heavy atom. The lowest BCUT2D eigenvalue weighted by atomic mass is 9.94. The first-order valence-electron chi connectivity index (χ1n) is 13.4. The van der Waals surface area contributed by atoms with Gasteiger partial charge in [0.05, 0.1) is 17.7 Å². The predicted octanol–water partition coefficient (Wildman–Crippen LogP) is 3.75. The third-order valence-electron chi connectivity index (χ3n) is 7.52. The number of nitrogens with zero attached hydrogens (tertiary/aromatic N) is 3. The zero-order valence-corrected chi connectivity index (χ0v) is 21.9. The van der Waals surface area contributed by atoms with Crippen LogP contribution in [0.15, 0.2) is 42.5 Å². The van der Waals surface area contributed by atoms with Gasteiger partial charge in [-0.15, -0.1) is 0 Å². The number of benzene rings is 2. The zero-order chi connectivity index (χ0) is 27.5. The van der Waals surface area contributed by atoms with Crippen LogP contribution in [0.2, 0.25) is 0 Å². The molecule has 0 unspecified atom stereocenters. The van der Waals surface area contributed by atoms with E-state index in [0.717, 1.165) is 32.1 Å². The highest BCUT2D eigenvalue weighted by Gasteiger charge is 2.40. The minimum atomic E-state index is -0.807. The van der Waals surface area contributed by atoms with Gasteiger partial charge in [-0.1, -0.05) is 19.3 Å². The maximum atomic E-state index is 13.3. The lowest BCUT2D eigenvalue weighted by molar-refractivity contribution is 0.0535. The van der Waals surface area contributed by atoms with Crippen molar-refractivity contribution in [2.45, 2.75) is 45.1 Å². The van der Waals surface area contributed by atoms with Gasteiger partial charge in [0.25, 0.3) is 23.6 Å². The fourth-order valence-electron chi connectivity index (χ4n) is 5.45. The van der Waals surface area contributed by atoms with Gasteiger partial charge in [-0.25, -0.2) is 4.79 Å². The van der Waals surface area contributed by atoms with E-state index in [0.29, 0.717) is 48.4 Å². The molecule has 1 saturated carbocycles. The van der Waals surface area contributed by atoms with Crippen LogP contribution in [0.5, 0.6) is 5.75 Å². The quantitative estimate of drug-likeness (QED) is 0.327. The largest absolute Gasteiger partial charge is 0.513 e. The number of piperazine rings is 1.